The number of rotatable bonds is 13. The molecule has 2 aliphatic rings. The predicted octanol–water partition coefficient (Wildman–Crippen LogP) is 7.11. The van der Waals surface area contributed by atoms with Crippen molar-refractivity contribution < 1.29 is 19.7 Å². The van der Waals surface area contributed by atoms with Crippen LogP contribution in [0, 0.1) is 10.8 Å². The zero-order valence-corrected chi connectivity index (χ0v) is 42.1. The summed E-state index contributed by atoms with van der Waals surface area (Å²) in [4.78, 5) is 42.9. The predicted molar refractivity (Wildman–Crippen MR) is 279 cm³/mol. The molecule has 0 saturated carbocycles. The monoisotopic (exact) mass is 949 g/mol. The van der Waals surface area contributed by atoms with Crippen LogP contribution in [0.2, 0.25) is 6.82 Å². The van der Waals surface area contributed by atoms with Gasteiger partial charge in [0.05, 0.1) is 36.1 Å². The van der Waals surface area contributed by atoms with Crippen molar-refractivity contribution in [2.45, 2.75) is 98.5 Å². The number of benzene rings is 4. The van der Waals surface area contributed by atoms with Crippen LogP contribution in [0.5, 0.6) is 0 Å². The average Bonchev–Trinajstić information content (AvgIpc) is 3.85. The number of carbonyl (C=O) groups excluding carboxylic acids is 2. The third-order valence-corrected chi connectivity index (χ3v) is 13.4. The summed E-state index contributed by atoms with van der Waals surface area (Å²) >= 11 is 0. The first-order valence-corrected chi connectivity index (χ1v) is 24.6. The van der Waals surface area contributed by atoms with Gasteiger partial charge in [0.15, 0.2) is 0 Å². The number of nitrogens with two attached hydrogens (primary N) is 2. The van der Waals surface area contributed by atoms with Crippen molar-refractivity contribution in [2.75, 3.05) is 39.3 Å². The van der Waals surface area contributed by atoms with Crippen molar-refractivity contribution in [3.63, 3.8) is 0 Å². The number of hydrogen-bond acceptors (Lipinski definition) is 10. The molecule has 0 spiro atoms. The minimum Gasteiger partial charge on any atom is -0.437 e. The van der Waals surface area contributed by atoms with Gasteiger partial charge in [-0.2, -0.15) is 0 Å². The summed E-state index contributed by atoms with van der Waals surface area (Å²) in [6.07, 6.45) is 4.82. The summed E-state index contributed by atoms with van der Waals surface area (Å²) in [7, 11) is -0.743. The van der Waals surface area contributed by atoms with Crippen molar-refractivity contribution >= 4 is 18.9 Å². The van der Waals surface area contributed by atoms with E-state index < -0.39 is 7.05 Å². The first kappa shape index (κ1) is 51.9. The molecule has 4 heterocycles. The van der Waals surface area contributed by atoms with Crippen LogP contribution in [0.4, 0.5) is 0 Å². The van der Waals surface area contributed by atoms with Gasteiger partial charge in [-0.3, -0.25) is 15.4 Å². The first-order chi connectivity index (χ1) is 33.5. The molecule has 15 heteroatoms. The lowest BCUT2D eigenvalue weighted by molar-refractivity contribution is -0.136. The van der Waals surface area contributed by atoms with Gasteiger partial charge >= 0.3 is 7.05 Å². The highest BCUT2D eigenvalue weighted by molar-refractivity contribution is 6.45. The fourth-order valence-electron chi connectivity index (χ4n) is 9.93. The molecule has 8 rings (SSSR count). The number of carbonyl (C=O) groups is 2. The van der Waals surface area contributed by atoms with Crippen LogP contribution >= 0.6 is 0 Å². The Hall–Kier alpha value is -5.94. The highest BCUT2D eigenvalue weighted by atomic mass is 16.3. The van der Waals surface area contributed by atoms with Crippen LogP contribution in [-0.2, 0) is 22.7 Å². The van der Waals surface area contributed by atoms with Gasteiger partial charge in [-0.25, -0.2) is 15.0 Å². The summed E-state index contributed by atoms with van der Waals surface area (Å²) < 4.78 is 4.36. The minimum absolute atomic E-state index is 0.00653. The lowest BCUT2D eigenvalue weighted by Gasteiger charge is -2.41. The molecule has 0 aliphatic carbocycles. The summed E-state index contributed by atoms with van der Waals surface area (Å²) in [5, 5.41) is 22.2. The Morgan fingerprint density at radius 2 is 1.01 bits per heavy atom. The Morgan fingerprint density at radius 1 is 0.629 bits per heavy atom. The zero-order valence-electron chi connectivity index (χ0n) is 42.1. The van der Waals surface area contributed by atoms with Crippen LogP contribution in [0.15, 0.2) is 134 Å². The molecular weight excluding hydrogens is 875 g/mol. The molecule has 0 bridgehead atoms. The van der Waals surface area contributed by atoms with Gasteiger partial charge in [0, 0.05) is 81.7 Å². The van der Waals surface area contributed by atoms with Gasteiger partial charge in [-0.15, -0.1) is 0 Å². The molecule has 2 fully saturated rings. The van der Waals surface area contributed by atoms with E-state index in [0.717, 1.165) is 39.7 Å². The van der Waals surface area contributed by atoms with E-state index in [4.69, 9.17) is 21.5 Å². The second kappa shape index (κ2) is 22.9. The van der Waals surface area contributed by atoms with Gasteiger partial charge in [0.1, 0.15) is 11.6 Å². The molecule has 4 aromatic carbocycles. The van der Waals surface area contributed by atoms with E-state index in [9.17, 15) is 19.7 Å². The fourth-order valence-corrected chi connectivity index (χ4v) is 9.93. The van der Waals surface area contributed by atoms with Crippen molar-refractivity contribution in [3.8, 4) is 22.5 Å². The maximum atomic E-state index is 13.6. The SMILES string of the molecule is CB(O)N1CCC(=O)N([C@@H](c2nc(-c3ccccc3)cn2Cc2ccccc2)C(C)(C)C)C[C@H]1CO.CC(C)(C)[C@H](c1nc(-c2ccccc2)cn1Cc1ccccc1)N1C[C@@H](CN)N(N)CCC1=O. The Kier molecular flexibility index (Phi) is 17.0. The lowest BCUT2D eigenvalue weighted by atomic mass is 9.82. The molecule has 2 amide bonds. The molecule has 2 aliphatic heterocycles. The van der Waals surface area contributed by atoms with Gasteiger partial charge in [0.25, 0.3) is 0 Å². The summed E-state index contributed by atoms with van der Waals surface area (Å²) in [6, 6.07) is 39.9. The Morgan fingerprint density at radius 3 is 1.39 bits per heavy atom. The highest BCUT2D eigenvalue weighted by Crippen LogP contribution is 2.42. The van der Waals surface area contributed by atoms with Crippen LogP contribution in [0.1, 0.15) is 89.2 Å². The number of aromatic nitrogens is 4. The third-order valence-electron chi connectivity index (χ3n) is 13.4. The van der Waals surface area contributed by atoms with E-state index in [0.29, 0.717) is 52.2 Å². The summed E-state index contributed by atoms with van der Waals surface area (Å²) in [6.45, 7) is 17.8. The zero-order chi connectivity index (χ0) is 50.2. The average molecular weight is 949 g/mol. The topological polar surface area (TPSA) is 175 Å². The molecule has 70 heavy (non-hydrogen) atoms. The van der Waals surface area contributed by atoms with E-state index in [1.54, 1.807) is 11.8 Å². The number of imidazole rings is 2. The quantitative estimate of drug-likeness (QED) is 0.0690. The highest BCUT2D eigenvalue weighted by Gasteiger charge is 2.43. The first-order valence-electron chi connectivity index (χ1n) is 24.6. The van der Waals surface area contributed by atoms with Crippen LogP contribution in [-0.4, -0.2) is 119 Å². The maximum absolute atomic E-state index is 13.6. The van der Waals surface area contributed by atoms with E-state index in [1.165, 1.54) is 5.56 Å². The summed E-state index contributed by atoms with van der Waals surface area (Å²) in [5.74, 6) is 8.02. The molecule has 370 valence electrons. The van der Waals surface area contributed by atoms with Gasteiger partial charge in [-0.1, -0.05) is 163 Å². The van der Waals surface area contributed by atoms with Crippen LogP contribution in [0.3, 0.4) is 0 Å². The number of amides is 2. The Labute approximate surface area is 415 Å². The standard InChI is InChI=1S/C28H37BN4O3.C27H36N6O/c1-28(2,3)26(32-18-23(20-34)33(29(4)36)16-15-25(32)35)27-30-24(22-13-9-6-10-14-22)19-31(27)17-21-11-7-5-8-12-21;1-27(2,3)25(32-18-22(16-28)33(29)15-14-24(32)34)26-30-23(21-12-8-5-9-13-21)19-31(26)17-20-10-6-4-7-11-20/h5-14,19,23,26,34,36H,15-18,20H2,1-4H3;4-13,19,22,25H,14-18,28-29H2,1-3H3/t23-,26-;22-,25+/m01/s1. The third kappa shape index (κ3) is 12.5. The molecule has 2 saturated heterocycles. The molecule has 2 aromatic heterocycles. The molecule has 0 unspecified atom stereocenters. The van der Waals surface area contributed by atoms with Gasteiger partial charge < -0.3 is 39.6 Å². The number of aliphatic hydroxyl groups is 1. The maximum Gasteiger partial charge on any atom is 0.376 e. The van der Waals surface area contributed by atoms with E-state index in [2.05, 4.69) is 99.5 Å². The number of nitrogens with zero attached hydrogens (tertiary/aromatic N) is 8. The second-order valence-corrected chi connectivity index (χ2v) is 20.9. The number of aliphatic hydroxyl groups excluding tert-OH is 1. The normalized spacial score (nSPS) is 18.4. The Bertz CT molecular complexity index is 2600. The molecule has 4 atom stereocenters. The lowest BCUT2D eigenvalue weighted by Crippen LogP contribution is -2.51. The van der Waals surface area contributed by atoms with Gasteiger partial charge in [-0.05, 0) is 35.3 Å². The largest absolute Gasteiger partial charge is 0.437 e. The smallest absolute Gasteiger partial charge is 0.376 e. The number of hydrogen-bond donors (Lipinski definition) is 4. The second-order valence-electron chi connectivity index (χ2n) is 20.9. The van der Waals surface area contributed by atoms with E-state index in [1.807, 2.05) is 99.5 Å². The van der Waals surface area contributed by atoms with Crippen LogP contribution < -0.4 is 11.6 Å². The fraction of sp³-hybridized carbons (Fsp3) is 0.418. The van der Waals surface area contributed by atoms with Crippen molar-refractivity contribution in [1.29, 1.82) is 0 Å². The van der Waals surface area contributed by atoms with Crippen molar-refractivity contribution in [2.24, 2.45) is 22.4 Å². The molecule has 0 radical (unpaired) electrons. The van der Waals surface area contributed by atoms with Crippen molar-refractivity contribution in [3.05, 3.63) is 156 Å². The Balaban J connectivity index is 0.000000207. The van der Waals surface area contributed by atoms with E-state index in [-0.39, 0.29) is 59.8 Å². The minimum atomic E-state index is -0.743. The van der Waals surface area contributed by atoms with Crippen LogP contribution in [0.25, 0.3) is 22.5 Å². The van der Waals surface area contributed by atoms with E-state index >= 15 is 0 Å². The van der Waals surface area contributed by atoms with Gasteiger partial charge in [0.2, 0.25) is 11.8 Å². The molecule has 6 N–H and O–H groups in total. The molecule has 14 nitrogen and oxygen atoms in total. The van der Waals surface area contributed by atoms with Crippen molar-refractivity contribution in [1.82, 2.24) is 38.7 Å². The molecule has 6 aromatic rings. The summed E-state index contributed by atoms with van der Waals surface area (Å²) in [5.41, 5.74) is 11.6. The molecular formula is C55H73BN10O4. The number of hydrazine groups is 1.